The topological polar surface area (TPSA) is 52.6 Å². The van der Waals surface area contributed by atoms with E-state index < -0.39 is 11.5 Å². The molecule has 4 nitrogen and oxygen atoms in total. The molecule has 1 spiro atoms. The second-order valence-corrected chi connectivity index (χ2v) is 7.28. The Morgan fingerprint density at radius 3 is 2.30 bits per heavy atom. The summed E-state index contributed by atoms with van der Waals surface area (Å²) in [5, 5.41) is 12.5. The van der Waals surface area contributed by atoms with Crippen LogP contribution >= 0.6 is 0 Å². The lowest BCUT2D eigenvalue weighted by molar-refractivity contribution is -0.144. The lowest BCUT2D eigenvalue weighted by Crippen LogP contribution is -2.50. The van der Waals surface area contributed by atoms with E-state index in [0.29, 0.717) is 11.5 Å². The van der Waals surface area contributed by atoms with Gasteiger partial charge in [-0.2, -0.15) is 0 Å². The molecule has 0 aromatic carbocycles. The van der Waals surface area contributed by atoms with Crippen molar-refractivity contribution in [1.82, 2.24) is 10.2 Å². The maximum Gasteiger partial charge on any atom is 0.323 e. The molecule has 3 fully saturated rings. The van der Waals surface area contributed by atoms with Crippen LogP contribution in [0.1, 0.15) is 57.8 Å². The Morgan fingerprint density at radius 2 is 1.80 bits per heavy atom. The summed E-state index contributed by atoms with van der Waals surface area (Å²) in [4.78, 5) is 14.1. The predicted octanol–water partition coefficient (Wildman–Crippen LogP) is 2.24. The molecule has 2 atom stereocenters. The largest absolute Gasteiger partial charge is 0.480 e. The summed E-state index contributed by atoms with van der Waals surface area (Å²) in [6.07, 6.45) is 10.9. The average molecular weight is 280 g/mol. The van der Waals surface area contributed by atoms with Crippen molar-refractivity contribution in [2.45, 2.75) is 69.4 Å². The fourth-order valence-corrected chi connectivity index (χ4v) is 4.85. The van der Waals surface area contributed by atoms with Crippen LogP contribution in [0.2, 0.25) is 0 Å². The van der Waals surface area contributed by atoms with Gasteiger partial charge in [-0.3, -0.25) is 4.79 Å². The molecule has 0 radical (unpaired) electrons. The van der Waals surface area contributed by atoms with Crippen LogP contribution in [0.25, 0.3) is 0 Å². The van der Waals surface area contributed by atoms with Crippen molar-refractivity contribution in [3.8, 4) is 0 Å². The lowest BCUT2D eigenvalue weighted by atomic mass is 9.76. The summed E-state index contributed by atoms with van der Waals surface area (Å²) in [6, 6.07) is 0.470. The summed E-state index contributed by atoms with van der Waals surface area (Å²) in [6.45, 7) is 2.37. The van der Waals surface area contributed by atoms with Gasteiger partial charge in [-0.1, -0.05) is 12.8 Å². The first-order chi connectivity index (χ1) is 9.59. The zero-order chi connectivity index (χ0) is 14.2. The van der Waals surface area contributed by atoms with Crippen LogP contribution in [-0.2, 0) is 4.79 Å². The smallest absolute Gasteiger partial charge is 0.323 e. The van der Waals surface area contributed by atoms with E-state index in [9.17, 15) is 9.90 Å². The van der Waals surface area contributed by atoms with Gasteiger partial charge in [0.15, 0.2) is 0 Å². The van der Waals surface area contributed by atoms with Gasteiger partial charge >= 0.3 is 5.97 Å². The van der Waals surface area contributed by atoms with Crippen LogP contribution in [0.15, 0.2) is 0 Å². The highest BCUT2D eigenvalue weighted by Crippen LogP contribution is 2.47. The van der Waals surface area contributed by atoms with Crippen molar-refractivity contribution in [3.63, 3.8) is 0 Å². The highest BCUT2D eigenvalue weighted by molar-refractivity contribution is 5.79. The average Bonchev–Trinajstić information content (AvgIpc) is 3.08. The number of rotatable bonds is 3. The third-order valence-corrected chi connectivity index (χ3v) is 6.42. The number of piperidine rings is 1. The first kappa shape index (κ1) is 14.3. The molecule has 0 bridgehead atoms. The third kappa shape index (κ3) is 2.37. The van der Waals surface area contributed by atoms with Crippen LogP contribution < -0.4 is 5.32 Å². The zero-order valence-corrected chi connectivity index (χ0v) is 12.7. The molecule has 20 heavy (non-hydrogen) atoms. The molecule has 2 aliphatic carbocycles. The molecule has 114 valence electrons. The molecule has 4 heteroatoms. The van der Waals surface area contributed by atoms with Gasteiger partial charge in [-0.25, -0.2) is 0 Å². The molecule has 0 aromatic rings. The van der Waals surface area contributed by atoms with Crippen molar-refractivity contribution < 1.29 is 9.90 Å². The summed E-state index contributed by atoms with van der Waals surface area (Å²) >= 11 is 0. The van der Waals surface area contributed by atoms with Crippen LogP contribution in [0.3, 0.4) is 0 Å². The van der Waals surface area contributed by atoms with Gasteiger partial charge in [0.25, 0.3) is 0 Å². The van der Waals surface area contributed by atoms with Gasteiger partial charge in [-0.05, 0) is 70.5 Å². The van der Waals surface area contributed by atoms with Crippen molar-refractivity contribution in [2.24, 2.45) is 5.41 Å². The van der Waals surface area contributed by atoms with E-state index >= 15 is 0 Å². The van der Waals surface area contributed by atoms with Crippen LogP contribution in [0.4, 0.5) is 0 Å². The van der Waals surface area contributed by atoms with E-state index in [4.69, 9.17) is 0 Å². The Kier molecular flexibility index (Phi) is 3.80. The van der Waals surface area contributed by atoms with Gasteiger partial charge in [0.05, 0.1) is 0 Å². The van der Waals surface area contributed by atoms with E-state index in [1.54, 1.807) is 7.05 Å². The quantitative estimate of drug-likeness (QED) is 0.832. The Hall–Kier alpha value is -0.610. The molecular weight excluding hydrogens is 252 g/mol. The van der Waals surface area contributed by atoms with Gasteiger partial charge in [0, 0.05) is 6.04 Å². The van der Waals surface area contributed by atoms with E-state index in [1.807, 2.05) is 0 Å². The van der Waals surface area contributed by atoms with Gasteiger partial charge in [0.2, 0.25) is 0 Å². The number of hydrogen-bond donors (Lipinski definition) is 2. The van der Waals surface area contributed by atoms with Crippen LogP contribution in [0.5, 0.6) is 0 Å². The third-order valence-electron chi connectivity index (χ3n) is 6.42. The van der Waals surface area contributed by atoms with Crippen molar-refractivity contribution in [2.75, 3.05) is 20.1 Å². The maximum absolute atomic E-state index is 11.5. The first-order valence-corrected chi connectivity index (χ1v) is 8.26. The minimum absolute atomic E-state index is 0.470. The second-order valence-electron chi connectivity index (χ2n) is 7.28. The second kappa shape index (κ2) is 5.30. The molecule has 2 N–H and O–H groups in total. The molecule has 2 saturated carbocycles. The summed E-state index contributed by atoms with van der Waals surface area (Å²) in [7, 11) is 1.79. The van der Waals surface area contributed by atoms with E-state index in [2.05, 4.69) is 10.2 Å². The minimum Gasteiger partial charge on any atom is -0.480 e. The number of carboxylic acids is 1. The molecule has 3 rings (SSSR count). The Balaban J connectivity index is 1.58. The number of nitrogens with one attached hydrogen (secondary N) is 1. The van der Waals surface area contributed by atoms with E-state index in [1.165, 1.54) is 51.6 Å². The van der Waals surface area contributed by atoms with Crippen molar-refractivity contribution in [1.29, 1.82) is 0 Å². The number of carbonyl (C=O) groups is 1. The SMILES string of the molecule is CNC1(C(=O)O)CCC(N2CCC3(CCCC3)CC2)C1. The Bertz CT molecular complexity index is 369. The molecule has 0 amide bonds. The predicted molar refractivity (Wildman–Crippen MR) is 78.8 cm³/mol. The van der Waals surface area contributed by atoms with Gasteiger partial charge in [-0.15, -0.1) is 0 Å². The maximum atomic E-state index is 11.5. The number of carboxylic acid groups (broad SMARTS) is 1. The van der Waals surface area contributed by atoms with Crippen molar-refractivity contribution >= 4 is 5.97 Å². The van der Waals surface area contributed by atoms with Crippen LogP contribution in [-0.4, -0.2) is 47.7 Å². The molecule has 2 unspecified atom stereocenters. The first-order valence-electron chi connectivity index (χ1n) is 8.26. The highest BCUT2D eigenvalue weighted by Gasteiger charge is 2.47. The van der Waals surface area contributed by atoms with Gasteiger partial charge in [0.1, 0.15) is 5.54 Å². The number of nitrogens with zero attached hydrogens (tertiary/aromatic N) is 1. The zero-order valence-electron chi connectivity index (χ0n) is 12.7. The fraction of sp³-hybridized carbons (Fsp3) is 0.938. The minimum atomic E-state index is -0.674. The van der Waals surface area contributed by atoms with Gasteiger partial charge < -0.3 is 15.3 Å². The lowest BCUT2D eigenvalue weighted by Gasteiger charge is -2.42. The molecule has 1 saturated heterocycles. The number of hydrogen-bond acceptors (Lipinski definition) is 3. The normalized spacial score (nSPS) is 37.5. The van der Waals surface area contributed by atoms with Crippen molar-refractivity contribution in [3.05, 3.63) is 0 Å². The molecule has 1 aliphatic heterocycles. The molecule has 1 heterocycles. The fourth-order valence-electron chi connectivity index (χ4n) is 4.85. The number of aliphatic carboxylic acids is 1. The number of likely N-dealkylation sites (tertiary alicyclic amines) is 1. The summed E-state index contributed by atoms with van der Waals surface area (Å²) < 4.78 is 0. The molecular formula is C16H28N2O2. The molecule has 0 aromatic heterocycles. The number of likely N-dealkylation sites (N-methyl/N-ethyl adjacent to an activating group) is 1. The summed E-state index contributed by atoms with van der Waals surface area (Å²) in [5.41, 5.74) is -0.0187. The van der Waals surface area contributed by atoms with Crippen LogP contribution in [0, 0.1) is 5.41 Å². The molecule has 3 aliphatic rings. The highest BCUT2D eigenvalue weighted by atomic mass is 16.4. The standard InChI is InChI=1S/C16H28N2O2/c1-17-16(14(19)20)7-4-13(12-16)18-10-8-15(9-11-18)5-2-3-6-15/h13,17H,2-12H2,1H3,(H,19,20). The van der Waals surface area contributed by atoms with E-state index in [0.717, 1.165) is 19.3 Å². The summed E-state index contributed by atoms with van der Waals surface area (Å²) in [5.74, 6) is -0.674. The monoisotopic (exact) mass is 280 g/mol. The Labute approximate surface area is 121 Å². The van der Waals surface area contributed by atoms with E-state index in [-0.39, 0.29) is 0 Å². The Morgan fingerprint density at radius 1 is 1.15 bits per heavy atom.